The van der Waals surface area contributed by atoms with E-state index in [9.17, 15) is 13.6 Å². The van der Waals surface area contributed by atoms with Gasteiger partial charge in [-0.2, -0.15) is 0 Å². The maximum absolute atomic E-state index is 13.6. The first-order valence-electron chi connectivity index (χ1n) is 5.77. The molecule has 1 fully saturated rings. The molecule has 0 saturated carbocycles. The maximum atomic E-state index is 13.6. The lowest BCUT2D eigenvalue weighted by Gasteiger charge is -2.14. The molecule has 1 aromatic carbocycles. The lowest BCUT2D eigenvalue weighted by molar-refractivity contribution is 0.218. The van der Waals surface area contributed by atoms with Gasteiger partial charge in [0.25, 0.3) is 0 Å². The topological polar surface area (TPSA) is 44.4 Å². The van der Waals surface area contributed by atoms with Crippen molar-refractivity contribution in [1.29, 1.82) is 0 Å². The van der Waals surface area contributed by atoms with Crippen molar-refractivity contribution in [3.63, 3.8) is 0 Å². The Labute approximate surface area is 104 Å². The van der Waals surface area contributed by atoms with Crippen molar-refractivity contribution in [1.82, 2.24) is 15.5 Å². The SMILES string of the molecule is CNCCN1CC(c2cc(F)ccc2F)NC1=O. The predicted molar refractivity (Wildman–Crippen MR) is 63.1 cm³/mol. The van der Waals surface area contributed by atoms with E-state index in [1.807, 2.05) is 0 Å². The Morgan fingerprint density at radius 2 is 2.28 bits per heavy atom. The van der Waals surface area contributed by atoms with Gasteiger partial charge in [0, 0.05) is 25.2 Å². The van der Waals surface area contributed by atoms with Gasteiger partial charge in [-0.05, 0) is 25.2 Å². The lowest BCUT2D eigenvalue weighted by atomic mass is 10.1. The number of carbonyl (C=O) groups excluding carboxylic acids is 1. The van der Waals surface area contributed by atoms with Crippen molar-refractivity contribution in [3.8, 4) is 0 Å². The van der Waals surface area contributed by atoms with E-state index in [1.165, 1.54) is 0 Å². The summed E-state index contributed by atoms with van der Waals surface area (Å²) < 4.78 is 26.7. The molecule has 98 valence electrons. The first kappa shape index (κ1) is 12.8. The van der Waals surface area contributed by atoms with Gasteiger partial charge in [0.05, 0.1) is 6.04 Å². The molecule has 18 heavy (non-hydrogen) atoms. The van der Waals surface area contributed by atoms with E-state index in [-0.39, 0.29) is 11.6 Å². The number of halogens is 2. The second-order valence-electron chi connectivity index (χ2n) is 4.22. The zero-order valence-electron chi connectivity index (χ0n) is 10.0. The molecule has 0 spiro atoms. The molecule has 2 amide bonds. The summed E-state index contributed by atoms with van der Waals surface area (Å²) in [6, 6.07) is 2.52. The highest BCUT2D eigenvalue weighted by Gasteiger charge is 2.30. The molecule has 1 aliphatic heterocycles. The minimum atomic E-state index is -0.505. The molecule has 2 N–H and O–H groups in total. The molecule has 1 atom stereocenters. The van der Waals surface area contributed by atoms with Crippen LogP contribution in [0.5, 0.6) is 0 Å². The Morgan fingerprint density at radius 1 is 1.50 bits per heavy atom. The van der Waals surface area contributed by atoms with Crippen LogP contribution in [-0.4, -0.2) is 37.6 Å². The number of rotatable bonds is 4. The number of hydrogen-bond donors (Lipinski definition) is 2. The van der Waals surface area contributed by atoms with Crippen LogP contribution in [0.2, 0.25) is 0 Å². The zero-order chi connectivity index (χ0) is 13.1. The van der Waals surface area contributed by atoms with Gasteiger partial charge in [-0.1, -0.05) is 0 Å². The van der Waals surface area contributed by atoms with Gasteiger partial charge in [0.2, 0.25) is 0 Å². The van der Waals surface area contributed by atoms with Gasteiger partial charge < -0.3 is 15.5 Å². The van der Waals surface area contributed by atoms with Gasteiger partial charge in [0.1, 0.15) is 11.6 Å². The molecule has 1 heterocycles. The van der Waals surface area contributed by atoms with Crippen LogP contribution in [-0.2, 0) is 0 Å². The number of benzene rings is 1. The number of hydrogen-bond acceptors (Lipinski definition) is 2. The highest BCUT2D eigenvalue weighted by molar-refractivity contribution is 5.77. The van der Waals surface area contributed by atoms with Crippen LogP contribution in [0.3, 0.4) is 0 Å². The molecule has 0 bridgehead atoms. The predicted octanol–water partition coefficient (Wildman–Crippen LogP) is 1.25. The van der Waals surface area contributed by atoms with Gasteiger partial charge in [-0.3, -0.25) is 0 Å². The van der Waals surface area contributed by atoms with Gasteiger partial charge >= 0.3 is 6.03 Å². The monoisotopic (exact) mass is 255 g/mol. The summed E-state index contributed by atoms with van der Waals surface area (Å²) in [5.41, 5.74) is 0.190. The van der Waals surface area contributed by atoms with Crippen LogP contribution in [0, 0.1) is 11.6 Å². The standard InChI is InChI=1S/C12H15F2N3O/c1-15-4-5-17-7-11(16-12(17)18)9-6-8(13)2-3-10(9)14/h2-3,6,11,15H,4-5,7H2,1H3,(H,16,18). The molecular weight excluding hydrogens is 240 g/mol. The zero-order valence-corrected chi connectivity index (χ0v) is 10.0. The Kier molecular flexibility index (Phi) is 3.76. The van der Waals surface area contributed by atoms with Crippen LogP contribution in [0.15, 0.2) is 18.2 Å². The summed E-state index contributed by atoms with van der Waals surface area (Å²) in [7, 11) is 1.79. The molecule has 0 aromatic heterocycles. The normalized spacial score (nSPS) is 19.2. The van der Waals surface area contributed by atoms with Crippen molar-refractivity contribution in [2.45, 2.75) is 6.04 Å². The summed E-state index contributed by atoms with van der Waals surface area (Å²) in [6.07, 6.45) is 0. The number of likely N-dealkylation sites (N-methyl/N-ethyl adjacent to an activating group) is 1. The summed E-state index contributed by atoms with van der Waals surface area (Å²) in [6.45, 7) is 1.54. The fraction of sp³-hybridized carbons (Fsp3) is 0.417. The molecule has 1 aliphatic rings. The molecule has 6 heteroatoms. The van der Waals surface area contributed by atoms with E-state index in [4.69, 9.17) is 0 Å². The molecule has 2 rings (SSSR count). The van der Waals surface area contributed by atoms with E-state index >= 15 is 0 Å². The summed E-state index contributed by atoms with van der Waals surface area (Å²) in [5, 5.41) is 5.58. The van der Waals surface area contributed by atoms with Crippen molar-refractivity contribution in [2.75, 3.05) is 26.7 Å². The summed E-state index contributed by atoms with van der Waals surface area (Å²) in [5.74, 6) is -1.01. The Bertz CT molecular complexity index is 453. The highest BCUT2D eigenvalue weighted by Crippen LogP contribution is 2.23. The molecule has 1 aromatic rings. The third kappa shape index (κ3) is 2.59. The van der Waals surface area contributed by atoms with Crippen molar-refractivity contribution in [3.05, 3.63) is 35.4 Å². The van der Waals surface area contributed by atoms with Gasteiger partial charge in [-0.25, -0.2) is 13.6 Å². The first-order valence-corrected chi connectivity index (χ1v) is 5.77. The summed E-state index contributed by atoms with van der Waals surface area (Å²) in [4.78, 5) is 13.2. The second-order valence-corrected chi connectivity index (χ2v) is 4.22. The molecule has 0 aliphatic carbocycles. The molecule has 1 unspecified atom stereocenters. The fourth-order valence-electron chi connectivity index (χ4n) is 1.99. The number of urea groups is 1. The van der Waals surface area contributed by atoms with E-state index in [0.717, 1.165) is 18.2 Å². The average molecular weight is 255 g/mol. The number of carbonyl (C=O) groups is 1. The quantitative estimate of drug-likeness (QED) is 0.850. The Balaban J connectivity index is 2.11. The molecule has 0 radical (unpaired) electrons. The van der Waals surface area contributed by atoms with E-state index in [2.05, 4.69) is 10.6 Å². The lowest BCUT2D eigenvalue weighted by Crippen LogP contribution is -2.33. The van der Waals surface area contributed by atoms with Crippen LogP contribution in [0.1, 0.15) is 11.6 Å². The van der Waals surface area contributed by atoms with Crippen LogP contribution in [0.25, 0.3) is 0 Å². The largest absolute Gasteiger partial charge is 0.329 e. The number of nitrogens with zero attached hydrogens (tertiary/aromatic N) is 1. The maximum Gasteiger partial charge on any atom is 0.318 e. The first-order chi connectivity index (χ1) is 8.61. The number of nitrogens with one attached hydrogen (secondary N) is 2. The van der Waals surface area contributed by atoms with E-state index in [0.29, 0.717) is 19.6 Å². The molecule has 1 saturated heterocycles. The minimum Gasteiger partial charge on any atom is -0.329 e. The minimum absolute atomic E-state index is 0.190. The van der Waals surface area contributed by atoms with Crippen molar-refractivity contribution < 1.29 is 13.6 Å². The van der Waals surface area contributed by atoms with Gasteiger partial charge in [-0.15, -0.1) is 0 Å². The van der Waals surface area contributed by atoms with Crippen LogP contribution >= 0.6 is 0 Å². The second kappa shape index (κ2) is 5.30. The van der Waals surface area contributed by atoms with Crippen molar-refractivity contribution >= 4 is 6.03 Å². The average Bonchev–Trinajstić information content (AvgIpc) is 2.71. The van der Waals surface area contributed by atoms with E-state index < -0.39 is 17.7 Å². The molecular formula is C12H15F2N3O. The van der Waals surface area contributed by atoms with Crippen LogP contribution < -0.4 is 10.6 Å². The van der Waals surface area contributed by atoms with Crippen LogP contribution in [0.4, 0.5) is 13.6 Å². The third-order valence-corrected chi connectivity index (χ3v) is 2.95. The Hall–Kier alpha value is -1.69. The Morgan fingerprint density at radius 3 is 3.00 bits per heavy atom. The smallest absolute Gasteiger partial charge is 0.318 e. The number of amides is 2. The third-order valence-electron chi connectivity index (χ3n) is 2.95. The van der Waals surface area contributed by atoms with Gasteiger partial charge in [0.15, 0.2) is 0 Å². The molecule has 4 nitrogen and oxygen atoms in total. The summed E-state index contributed by atoms with van der Waals surface area (Å²) >= 11 is 0. The highest BCUT2D eigenvalue weighted by atomic mass is 19.1. The van der Waals surface area contributed by atoms with E-state index in [1.54, 1.807) is 11.9 Å². The fourth-order valence-corrected chi connectivity index (χ4v) is 1.99. The van der Waals surface area contributed by atoms with Crippen molar-refractivity contribution in [2.24, 2.45) is 0 Å².